The maximum atomic E-state index is 12.6. The fourth-order valence-electron chi connectivity index (χ4n) is 3.62. The molecule has 0 amide bonds. The Labute approximate surface area is 200 Å². The Morgan fingerprint density at radius 3 is 2.60 bits per heavy atom. The molecule has 0 saturated carbocycles. The standard InChI is InChI=1S/C23H25N5O6S/c1-27-22(30)21-19(28(23(27)31)12-4-13-29)15-18(26-21)16-6-8-17(9-7-16)35(32,33)25-11-14-34-20-5-2-3-10-24-20/h2-3,5-10,15,25-26,29H,4,11-14H2,1H3. The smallest absolute Gasteiger partial charge is 0.331 e. The number of aliphatic hydroxyl groups excluding tert-OH is 1. The van der Waals surface area contributed by atoms with Gasteiger partial charge in [-0.05, 0) is 36.2 Å². The van der Waals surface area contributed by atoms with Crippen molar-refractivity contribution in [1.82, 2.24) is 23.8 Å². The summed E-state index contributed by atoms with van der Waals surface area (Å²) in [5, 5.41) is 9.15. The zero-order chi connectivity index (χ0) is 25.0. The number of nitrogens with zero attached hydrogens (tertiary/aromatic N) is 3. The van der Waals surface area contributed by atoms with Crippen molar-refractivity contribution >= 4 is 21.1 Å². The molecule has 0 fully saturated rings. The lowest BCUT2D eigenvalue weighted by Gasteiger charge is -2.08. The average molecular weight is 500 g/mol. The number of aliphatic hydroxyl groups is 1. The van der Waals surface area contributed by atoms with E-state index in [0.29, 0.717) is 29.1 Å². The number of aromatic amines is 1. The van der Waals surface area contributed by atoms with E-state index in [0.717, 1.165) is 4.57 Å². The van der Waals surface area contributed by atoms with Gasteiger partial charge in [0.05, 0.1) is 10.4 Å². The predicted octanol–water partition coefficient (Wildman–Crippen LogP) is 0.830. The highest BCUT2D eigenvalue weighted by Crippen LogP contribution is 2.23. The molecule has 35 heavy (non-hydrogen) atoms. The third-order valence-corrected chi connectivity index (χ3v) is 6.90. The number of fused-ring (bicyclic) bond motifs is 1. The summed E-state index contributed by atoms with van der Waals surface area (Å²) in [7, 11) is -2.36. The van der Waals surface area contributed by atoms with Gasteiger partial charge in [-0.3, -0.25) is 13.9 Å². The van der Waals surface area contributed by atoms with Gasteiger partial charge in [0.15, 0.2) is 0 Å². The molecule has 3 aromatic heterocycles. The Balaban J connectivity index is 1.53. The lowest BCUT2D eigenvalue weighted by molar-refractivity contribution is 0.279. The van der Waals surface area contributed by atoms with Gasteiger partial charge in [0.1, 0.15) is 12.1 Å². The highest BCUT2D eigenvalue weighted by atomic mass is 32.2. The molecule has 3 heterocycles. The van der Waals surface area contributed by atoms with Crippen LogP contribution in [-0.2, 0) is 23.6 Å². The van der Waals surface area contributed by atoms with Crippen LogP contribution in [0.3, 0.4) is 0 Å². The molecular weight excluding hydrogens is 474 g/mol. The van der Waals surface area contributed by atoms with E-state index < -0.39 is 21.3 Å². The second-order valence-corrected chi connectivity index (χ2v) is 9.52. The molecule has 12 heteroatoms. The first kappa shape index (κ1) is 24.4. The van der Waals surface area contributed by atoms with Crippen LogP contribution in [0.15, 0.2) is 69.2 Å². The van der Waals surface area contributed by atoms with Gasteiger partial charge < -0.3 is 14.8 Å². The Morgan fingerprint density at radius 2 is 1.91 bits per heavy atom. The second-order valence-electron chi connectivity index (χ2n) is 7.76. The number of sulfonamides is 1. The van der Waals surface area contributed by atoms with E-state index >= 15 is 0 Å². The molecule has 0 saturated heterocycles. The number of hydrogen-bond donors (Lipinski definition) is 3. The van der Waals surface area contributed by atoms with E-state index in [1.54, 1.807) is 42.6 Å². The number of ether oxygens (including phenoxy) is 1. The number of hydrogen-bond acceptors (Lipinski definition) is 7. The van der Waals surface area contributed by atoms with Gasteiger partial charge in [0.25, 0.3) is 5.56 Å². The summed E-state index contributed by atoms with van der Waals surface area (Å²) in [5.74, 6) is 0.408. The van der Waals surface area contributed by atoms with Crippen molar-refractivity contribution in [3.8, 4) is 17.1 Å². The minimum Gasteiger partial charge on any atom is -0.476 e. The van der Waals surface area contributed by atoms with E-state index in [1.807, 2.05) is 0 Å². The largest absolute Gasteiger partial charge is 0.476 e. The molecular formula is C23H25N5O6S. The van der Waals surface area contributed by atoms with E-state index in [-0.39, 0.29) is 36.7 Å². The Hall–Kier alpha value is -3.74. The summed E-state index contributed by atoms with van der Waals surface area (Å²) in [6.45, 7) is 0.352. The molecule has 0 unspecified atom stereocenters. The Morgan fingerprint density at radius 1 is 1.14 bits per heavy atom. The molecule has 0 atom stereocenters. The van der Waals surface area contributed by atoms with E-state index in [2.05, 4.69) is 14.7 Å². The molecule has 0 aliphatic heterocycles. The summed E-state index contributed by atoms with van der Waals surface area (Å²) in [6, 6.07) is 13.0. The number of benzene rings is 1. The average Bonchev–Trinajstić information content (AvgIpc) is 3.31. The van der Waals surface area contributed by atoms with Gasteiger partial charge in [-0.25, -0.2) is 22.9 Å². The molecule has 0 aliphatic carbocycles. The van der Waals surface area contributed by atoms with Crippen molar-refractivity contribution in [2.75, 3.05) is 19.8 Å². The van der Waals surface area contributed by atoms with Crippen LogP contribution >= 0.6 is 0 Å². The van der Waals surface area contributed by atoms with Gasteiger partial charge in [0.2, 0.25) is 15.9 Å². The van der Waals surface area contributed by atoms with Gasteiger partial charge in [-0.1, -0.05) is 18.2 Å². The lowest BCUT2D eigenvalue weighted by atomic mass is 10.1. The number of rotatable bonds is 10. The zero-order valence-electron chi connectivity index (χ0n) is 19.0. The summed E-state index contributed by atoms with van der Waals surface area (Å²) >= 11 is 0. The zero-order valence-corrected chi connectivity index (χ0v) is 19.8. The van der Waals surface area contributed by atoms with Crippen LogP contribution in [0.2, 0.25) is 0 Å². The molecule has 0 aliphatic rings. The molecule has 11 nitrogen and oxygen atoms in total. The maximum absolute atomic E-state index is 12.6. The molecule has 4 aromatic rings. The van der Waals surface area contributed by atoms with Gasteiger partial charge in [-0.2, -0.15) is 0 Å². The molecule has 0 bridgehead atoms. The van der Waals surface area contributed by atoms with Crippen LogP contribution in [-0.4, -0.2) is 52.4 Å². The van der Waals surface area contributed by atoms with Crippen LogP contribution in [0.1, 0.15) is 6.42 Å². The van der Waals surface area contributed by atoms with Crippen molar-refractivity contribution in [2.24, 2.45) is 7.05 Å². The lowest BCUT2D eigenvalue weighted by Crippen LogP contribution is -2.38. The fraction of sp³-hybridized carbons (Fsp3) is 0.261. The first-order chi connectivity index (χ1) is 16.8. The number of pyridine rings is 1. The summed E-state index contributed by atoms with van der Waals surface area (Å²) in [4.78, 5) is 32.3. The second kappa shape index (κ2) is 10.3. The Bertz CT molecular complexity index is 1540. The number of aromatic nitrogens is 4. The monoisotopic (exact) mass is 499 g/mol. The van der Waals surface area contributed by atoms with Crippen LogP contribution in [0.5, 0.6) is 5.88 Å². The molecule has 4 rings (SSSR count). The van der Waals surface area contributed by atoms with Gasteiger partial charge in [-0.15, -0.1) is 0 Å². The van der Waals surface area contributed by atoms with Crippen molar-refractivity contribution in [2.45, 2.75) is 17.9 Å². The SMILES string of the molecule is Cn1c(=O)c2[nH]c(-c3ccc(S(=O)(=O)NCCOc4ccccn4)cc3)cc2n(CCCO)c1=O. The number of H-pyrrole nitrogens is 1. The first-order valence-electron chi connectivity index (χ1n) is 10.9. The quantitative estimate of drug-likeness (QED) is 0.274. The van der Waals surface area contributed by atoms with E-state index in [9.17, 15) is 18.0 Å². The van der Waals surface area contributed by atoms with Crippen LogP contribution in [0.4, 0.5) is 0 Å². The summed E-state index contributed by atoms with van der Waals surface area (Å²) < 4.78 is 35.5. The van der Waals surface area contributed by atoms with Crippen molar-refractivity contribution in [3.63, 3.8) is 0 Å². The third-order valence-electron chi connectivity index (χ3n) is 5.42. The minimum absolute atomic E-state index is 0.0668. The summed E-state index contributed by atoms with van der Waals surface area (Å²) in [6.07, 6.45) is 1.94. The van der Waals surface area contributed by atoms with Crippen molar-refractivity contribution in [3.05, 3.63) is 75.6 Å². The molecule has 184 valence electrons. The topological polar surface area (TPSA) is 148 Å². The highest BCUT2D eigenvalue weighted by molar-refractivity contribution is 7.89. The summed E-state index contributed by atoms with van der Waals surface area (Å²) in [5.41, 5.74) is 0.941. The molecule has 3 N–H and O–H groups in total. The van der Waals surface area contributed by atoms with Crippen LogP contribution in [0, 0.1) is 0 Å². The van der Waals surface area contributed by atoms with Gasteiger partial charge in [0, 0.05) is 44.7 Å². The molecule has 0 spiro atoms. The number of nitrogens with one attached hydrogen (secondary N) is 2. The number of aryl methyl sites for hydroxylation is 1. The highest BCUT2D eigenvalue weighted by Gasteiger charge is 2.17. The van der Waals surface area contributed by atoms with E-state index in [4.69, 9.17) is 9.84 Å². The molecule has 1 aromatic carbocycles. The Kier molecular flexibility index (Phi) is 7.15. The van der Waals surface area contributed by atoms with Crippen molar-refractivity contribution in [1.29, 1.82) is 0 Å². The van der Waals surface area contributed by atoms with Gasteiger partial charge >= 0.3 is 5.69 Å². The molecule has 0 radical (unpaired) electrons. The van der Waals surface area contributed by atoms with Crippen LogP contribution < -0.4 is 20.7 Å². The van der Waals surface area contributed by atoms with Crippen LogP contribution in [0.25, 0.3) is 22.3 Å². The minimum atomic E-state index is -3.76. The van der Waals surface area contributed by atoms with Crippen molar-refractivity contribution < 1.29 is 18.3 Å². The third kappa shape index (κ3) is 5.19. The predicted molar refractivity (Wildman–Crippen MR) is 130 cm³/mol. The van der Waals surface area contributed by atoms with E-state index in [1.165, 1.54) is 23.7 Å². The normalized spacial score (nSPS) is 11.7. The fourth-order valence-corrected chi connectivity index (χ4v) is 4.63. The maximum Gasteiger partial charge on any atom is 0.331 e. The first-order valence-corrected chi connectivity index (χ1v) is 12.4.